The highest BCUT2D eigenvalue weighted by Crippen LogP contribution is 2.39. The topological polar surface area (TPSA) is 67.9 Å². The fourth-order valence-corrected chi connectivity index (χ4v) is 3.78. The standard InChI is InChI=1S/C16H20BrF3N8/c1-10-27(17)9-11(16(18,19)20)14-21-12(23-28(10)14)5-6-13-22-15(24-25(13)2)26-7-3-4-8-26/h9-10H,3-8H2,1-2H3. The molecule has 28 heavy (non-hydrogen) atoms. The van der Waals surface area contributed by atoms with Crippen LogP contribution in [-0.4, -0.2) is 52.7 Å². The van der Waals surface area contributed by atoms with Gasteiger partial charge in [-0.15, -0.1) is 5.10 Å². The van der Waals surface area contributed by atoms with E-state index in [1.54, 1.807) is 11.6 Å². The molecule has 2 aromatic rings. The largest absolute Gasteiger partial charge is 0.421 e. The fraction of sp³-hybridized carbons (Fsp3) is 0.625. The van der Waals surface area contributed by atoms with Crippen LogP contribution in [0.4, 0.5) is 19.1 Å². The molecule has 8 nitrogen and oxygen atoms in total. The van der Waals surface area contributed by atoms with Crippen molar-refractivity contribution in [2.45, 2.75) is 44.9 Å². The van der Waals surface area contributed by atoms with E-state index in [-0.39, 0.29) is 5.82 Å². The summed E-state index contributed by atoms with van der Waals surface area (Å²) < 4.78 is 44.4. The molecular formula is C16H20BrF3N8. The lowest BCUT2D eigenvalue weighted by Crippen LogP contribution is -2.29. The van der Waals surface area contributed by atoms with Crippen LogP contribution in [0.25, 0.3) is 5.57 Å². The summed E-state index contributed by atoms with van der Waals surface area (Å²) in [7, 11) is 1.82. The lowest BCUT2D eigenvalue weighted by atomic mass is 10.2. The number of nitrogens with zero attached hydrogens (tertiary/aromatic N) is 8. The maximum absolute atomic E-state index is 13.4. The number of fused-ring (bicyclic) bond motifs is 1. The molecular weight excluding hydrogens is 441 g/mol. The van der Waals surface area contributed by atoms with Crippen LogP contribution in [0.2, 0.25) is 0 Å². The summed E-state index contributed by atoms with van der Waals surface area (Å²) in [6.07, 6.45) is -0.777. The summed E-state index contributed by atoms with van der Waals surface area (Å²) in [6.45, 7) is 3.64. The second-order valence-corrected chi connectivity index (χ2v) is 7.78. The van der Waals surface area contributed by atoms with Gasteiger partial charge in [0.1, 0.15) is 17.6 Å². The van der Waals surface area contributed by atoms with E-state index in [1.807, 2.05) is 7.05 Å². The first-order valence-corrected chi connectivity index (χ1v) is 9.79. The maximum atomic E-state index is 13.4. The minimum atomic E-state index is -4.51. The smallest absolute Gasteiger partial charge is 0.340 e. The summed E-state index contributed by atoms with van der Waals surface area (Å²) >= 11 is 3.13. The molecule has 1 saturated heterocycles. The van der Waals surface area contributed by atoms with Crippen LogP contribution in [0, 0.1) is 0 Å². The van der Waals surface area contributed by atoms with Gasteiger partial charge in [-0.3, -0.25) is 8.61 Å². The highest BCUT2D eigenvalue weighted by atomic mass is 79.9. The summed E-state index contributed by atoms with van der Waals surface area (Å²) in [5.74, 6) is 1.65. The maximum Gasteiger partial charge on any atom is 0.421 e. The van der Waals surface area contributed by atoms with E-state index < -0.39 is 17.9 Å². The molecule has 2 aliphatic rings. The Hall–Kier alpha value is -2.11. The van der Waals surface area contributed by atoms with Gasteiger partial charge in [-0.25, -0.2) is 9.67 Å². The van der Waals surface area contributed by atoms with Crippen molar-refractivity contribution in [2.24, 2.45) is 7.05 Å². The highest BCUT2D eigenvalue weighted by Gasteiger charge is 2.42. The van der Waals surface area contributed by atoms with Crippen LogP contribution in [-0.2, 0) is 19.9 Å². The number of allylic oxidation sites excluding steroid dienone is 1. The van der Waals surface area contributed by atoms with E-state index in [2.05, 4.69) is 41.2 Å². The van der Waals surface area contributed by atoms with Crippen LogP contribution in [0.5, 0.6) is 0 Å². The van der Waals surface area contributed by atoms with Gasteiger partial charge in [0.2, 0.25) is 5.95 Å². The number of anilines is 1. The van der Waals surface area contributed by atoms with Crippen molar-refractivity contribution in [2.75, 3.05) is 18.0 Å². The lowest BCUT2D eigenvalue weighted by Gasteiger charge is -2.28. The zero-order valence-corrected chi connectivity index (χ0v) is 17.1. The van der Waals surface area contributed by atoms with E-state index in [0.717, 1.165) is 38.0 Å². The Bertz CT molecular complexity index is 896. The molecule has 1 unspecified atom stereocenters. The van der Waals surface area contributed by atoms with E-state index in [4.69, 9.17) is 0 Å². The van der Waals surface area contributed by atoms with Crippen LogP contribution in [0.15, 0.2) is 6.20 Å². The highest BCUT2D eigenvalue weighted by molar-refractivity contribution is 9.07. The molecule has 1 fully saturated rings. The molecule has 4 heterocycles. The van der Waals surface area contributed by atoms with Gasteiger partial charge in [-0.1, -0.05) is 0 Å². The second-order valence-electron chi connectivity index (χ2n) is 6.96. The van der Waals surface area contributed by atoms with Gasteiger partial charge in [-0.2, -0.15) is 23.3 Å². The molecule has 0 N–H and O–H groups in total. The van der Waals surface area contributed by atoms with E-state index >= 15 is 0 Å². The molecule has 152 valence electrons. The predicted octanol–water partition coefficient (Wildman–Crippen LogP) is 2.84. The van der Waals surface area contributed by atoms with Crippen LogP contribution < -0.4 is 4.90 Å². The third-order valence-electron chi connectivity index (χ3n) is 4.99. The zero-order valence-electron chi connectivity index (χ0n) is 15.5. The molecule has 4 rings (SSSR count). The van der Waals surface area contributed by atoms with Gasteiger partial charge in [-0.05, 0) is 19.8 Å². The zero-order chi connectivity index (χ0) is 20.1. The van der Waals surface area contributed by atoms with E-state index in [9.17, 15) is 13.2 Å². The third kappa shape index (κ3) is 3.49. The number of hydrogen-bond donors (Lipinski definition) is 0. The van der Waals surface area contributed by atoms with Crippen molar-refractivity contribution in [1.29, 1.82) is 0 Å². The molecule has 0 spiro atoms. The van der Waals surface area contributed by atoms with Crippen molar-refractivity contribution in [3.8, 4) is 0 Å². The van der Waals surface area contributed by atoms with Crippen molar-refractivity contribution < 1.29 is 13.2 Å². The average Bonchev–Trinajstić information content (AvgIpc) is 3.34. The Labute approximate surface area is 168 Å². The number of hydrogen-bond acceptors (Lipinski definition) is 6. The molecule has 0 aliphatic carbocycles. The van der Waals surface area contributed by atoms with Gasteiger partial charge in [0.15, 0.2) is 11.6 Å². The third-order valence-corrected chi connectivity index (χ3v) is 5.79. The SMILES string of the molecule is CC1N(Br)C=C(C(F)(F)F)c2nc(CCc3nc(N4CCCC4)nn3C)nn21. The lowest BCUT2D eigenvalue weighted by molar-refractivity contribution is -0.0710. The molecule has 0 bridgehead atoms. The number of alkyl halides is 3. The first-order chi connectivity index (χ1) is 13.2. The molecule has 12 heteroatoms. The molecule has 2 aliphatic heterocycles. The van der Waals surface area contributed by atoms with Gasteiger partial charge < -0.3 is 4.90 Å². The summed E-state index contributed by atoms with van der Waals surface area (Å²) in [6, 6.07) is 0. The van der Waals surface area contributed by atoms with Crippen LogP contribution >= 0.6 is 16.1 Å². The first-order valence-electron chi connectivity index (χ1n) is 9.08. The van der Waals surface area contributed by atoms with Gasteiger partial charge in [0.25, 0.3) is 0 Å². The number of aryl methyl sites for hydroxylation is 3. The summed E-state index contributed by atoms with van der Waals surface area (Å²) in [4.78, 5) is 10.9. The monoisotopic (exact) mass is 460 g/mol. The van der Waals surface area contributed by atoms with Gasteiger partial charge in [0, 0.05) is 39.2 Å². The van der Waals surface area contributed by atoms with Crippen molar-refractivity contribution in [3.63, 3.8) is 0 Å². The Morgan fingerprint density at radius 3 is 2.54 bits per heavy atom. The Morgan fingerprint density at radius 2 is 1.86 bits per heavy atom. The first kappa shape index (κ1) is 19.2. The summed E-state index contributed by atoms with van der Waals surface area (Å²) in [5.41, 5.74) is -0.823. The number of aromatic nitrogens is 6. The van der Waals surface area contributed by atoms with E-state index in [1.165, 1.54) is 8.61 Å². The average molecular weight is 461 g/mol. The predicted molar refractivity (Wildman–Crippen MR) is 99.4 cm³/mol. The molecule has 0 amide bonds. The Kier molecular flexibility index (Phi) is 4.84. The van der Waals surface area contributed by atoms with Gasteiger partial charge >= 0.3 is 6.18 Å². The second kappa shape index (κ2) is 7.05. The fourth-order valence-electron chi connectivity index (χ4n) is 3.41. The molecule has 2 aromatic heterocycles. The molecule has 1 atom stereocenters. The quantitative estimate of drug-likeness (QED) is 0.653. The normalized spacial score (nSPS) is 19.9. The number of halogens is 4. The Balaban J connectivity index is 1.53. The van der Waals surface area contributed by atoms with Crippen molar-refractivity contribution in [3.05, 3.63) is 23.7 Å². The summed E-state index contributed by atoms with van der Waals surface area (Å²) in [5, 5.41) is 8.75. The Morgan fingerprint density at radius 1 is 1.14 bits per heavy atom. The number of rotatable bonds is 4. The van der Waals surface area contributed by atoms with Gasteiger partial charge in [0.05, 0.1) is 16.1 Å². The van der Waals surface area contributed by atoms with Crippen LogP contribution in [0.3, 0.4) is 0 Å². The van der Waals surface area contributed by atoms with E-state index in [0.29, 0.717) is 24.6 Å². The molecule has 0 saturated carbocycles. The molecule has 0 aromatic carbocycles. The van der Waals surface area contributed by atoms with Crippen molar-refractivity contribution in [1.82, 2.24) is 33.5 Å². The minimum absolute atomic E-state index is 0.165. The van der Waals surface area contributed by atoms with Crippen molar-refractivity contribution >= 4 is 27.7 Å². The minimum Gasteiger partial charge on any atom is -0.340 e. The molecule has 0 radical (unpaired) electrons. The van der Waals surface area contributed by atoms with Crippen LogP contribution in [0.1, 0.15) is 43.4 Å².